The van der Waals surface area contributed by atoms with E-state index < -0.39 is 0 Å². The van der Waals surface area contributed by atoms with Crippen molar-refractivity contribution in [2.24, 2.45) is 5.92 Å². The van der Waals surface area contributed by atoms with Crippen LogP contribution in [0.3, 0.4) is 0 Å². The van der Waals surface area contributed by atoms with Crippen molar-refractivity contribution in [3.8, 4) is 0 Å². The molecule has 1 heterocycles. The molecule has 0 aromatic heterocycles. The first-order valence-corrected chi connectivity index (χ1v) is 5.73. The molecule has 82 valence electrons. The van der Waals surface area contributed by atoms with Gasteiger partial charge in [-0.25, -0.2) is 0 Å². The number of benzene rings is 1. The van der Waals surface area contributed by atoms with E-state index in [0.717, 1.165) is 19.0 Å². The first-order chi connectivity index (χ1) is 7.25. The molecule has 2 N–H and O–H groups in total. The van der Waals surface area contributed by atoms with Crippen LogP contribution in [-0.4, -0.2) is 19.6 Å². The summed E-state index contributed by atoms with van der Waals surface area (Å²) in [6.07, 6.45) is 0. The molecule has 0 bridgehead atoms. The molecule has 2 nitrogen and oxygen atoms in total. The predicted octanol–water partition coefficient (Wildman–Crippen LogP) is 1.61. The molecule has 0 amide bonds. The molecule has 1 aliphatic heterocycles. The van der Waals surface area contributed by atoms with Crippen molar-refractivity contribution in [3.63, 3.8) is 0 Å². The van der Waals surface area contributed by atoms with Crippen molar-refractivity contribution in [2.45, 2.75) is 20.4 Å². The van der Waals surface area contributed by atoms with E-state index in [1.54, 1.807) is 0 Å². The Labute approximate surface area is 92.1 Å². The summed E-state index contributed by atoms with van der Waals surface area (Å²) >= 11 is 0. The number of rotatable bonds is 4. The highest BCUT2D eigenvalue weighted by Gasteiger charge is 2.15. The molecule has 0 aliphatic carbocycles. The number of aryl methyl sites for hydroxylation is 2. The van der Waals surface area contributed by atoms with Crippen LogP contribution < -0.4 is 10.6 Å². The zero-order valence-corrected chi connectivity index (χ0v) is 9.64. The minimum Gasteiger partial charge on any atom is -0.316 e. The maximum absolute atomic E-state index is 3.51. The van der Waals surface area contributed by atoms with Crippen molar-refractivity contribution in [1.82, 2.24) is 10.6 Å². The molecule has 0 spiro atoms. The fourth-order valence-electron chi connectivity index (χ4n) is 1.83. The molecule has 0 atom stereocenters. The van der Waals surface area contributed by atoms with Gasteiger partial charge in [-0.2, -0.15) is 0 Å². The van der Waals surface area contributed by atoms with Gasteiger partial charge in [-0.15, -0.1) is 0 Å². The Morgan fingerprint density at radius 3 is 2.67 bits per heavy atom. The van der Waals surface area contributed by atoms with Crippen LogP contribution >= 0.6 is 0 Å². The summed E-state index contributed by atoms with van der Waals surface area (Å²) in [4.78, 5) is 0. The van der Waals surface area contributed by atoms with E-state index in [2.05, 4.69) is 42.7 Å². The third-order valence-electron chi connectivity index (χ3n) is 3.20. The van der Waals surface area contributed by atoms with Gasteiger partial charge in [0.05, 0.1) is 0 Å². The Balaban J connectivity index is 1.79. The quantitative estimate of drug-likeness (QED) is 0.778. The van der Waals surface area contributed by atoms with E-state index in [9.17, 15) is 0 Å². The minimum atomic E-state index is 0.844. The lowest BCUT2D eigenvalue weighted by molar-refractivity contribution is 0.331. The van der Waals surface area contributed by atoms with Gasteiger partial charge < -0.3 is 10.6 Å². The lowest BCUT2D eigenvalue weighted by Gasteiger charge is -2.27. The van der Waals surface area contributed by atoms with Gasteiger partial charge in [0.2, 0.25) is 0 Å². The summed E-state index contributed by atoms with van der Waals surface area (Å²) in [6.45, 7) is 8.83. The summed E-state index contributed by atoms with van der Waals surface area (Å²) in [5.74, 6) is 0.844. The molecule has 0 radical (unpaired) electrons. The van der Waals surface area contributed by atoms with Crippen LogP contribution in [0.15, 0.2) is 18.2 Å². The van der Waals surface area contributed by atoms with Crippen molar-refractivity contribution in [2.75, 3.05) is 19.6 Å². The smallest absolute Gasteiger partial charge is 0.0205 e. The Morgan fingerprint density at radius 1 is 1.27 bits per heavy atom. The average molecular weight is 204 g/mol. The average Bonchev–Trinajstić information content (AvgIpc) is 2.15. The molecule has 2 heteroatoms. The number of hydrogen-bond acceptors (Lipinski definition) is 2. The van der Waals surface area contributed by atoms with Crippen LogP contribution in [0.4, 0.5) is 0 Å². The first kappa shape index (κ1) is 10.7. The number of hydrogen-bond donors (Lipinski definition) is 2. The van der Waals surface area contributed by atoms with Crippen LogP contribution in [0, 0.1) is 19.8 Å². The second-order valence-corrected chi connectivity index (χ2v) is 4.57. The molecular formula is C13H20N2. The van der Waals surface area contributed by atoms with Crippen molar-refractivity contribution in [3.05, 3.63) is 34.9 Å². The Hall–Kier alpha value is -0.860. The SMILES string of the molecule is Cc1ccc(CNCC2CNC2)cc1C. The zero-order chi connectivity index (χ0) is 10.7. The second-order valence-electron chi connectivity index (χ2n) is 4.57. The maximum atomic E-state index is 3.51. The monoisotopic (exact) mass is 204 g/mol. The molecule has 1 aliphatic rings. The van der Waals surface area contributed by atoms with E-state index in [1.165, 1.54) is 29.8 Å². The van der Waals surface area contributed by atoms with Crippen molar-refractivity contribution >= 4 is 0 Å². The largest absolute Gasteiger partial charge is 0.316 e. The zero-order valence-electron chi connectivity index (χ0n) is 9.64. The molecule has 1 saturated heterocycles. The van der Waals surface area contributed by atoms with Gasteiger partial charge in [0.15, 0.2) is 0 Å². The molecule has 1 fully saturated rings. The molecule has 1 aromatic rings. The predicted molar refractivity (Wildman–Crippen MR) is 64.0 cm³/mol. The van der Waals surface area contributed by atoms with Crippen LogP contribution in [0.1, 0.15) is 16.7 Å². The molecule has 0 saturated carbocycles. The standard InChI is InChI=1S/C13H20N2/c1-10-3-4-12(5-11(10)2)6-14-7-13-8-15-9-13/h3-5,13-15H,6-9H2,1-2H3. The van der Waals surface area contributed by atoms with Gasteiger partial charge in [-0.1, -0.05) is 18.2 Å². The van der Waals surface area contributed by atoms with Crippen LogP contribution in [0.5, 0.6) is 0 Å². The van der Waals surface area contributed by atoms with Crippen molar-refractivity contribution in [1.29, 1.82) is 0 Å². The third kappa shape index (κ3) is 2.80. The lowest BCUT2D eigenvalue weighted by Crippen LogP contribution is -2.47. The Bertz CT molecular complexity index is 329. The summed E-state index contributed by atoms with van der Waals surface area (Å²) < 4.78 is 0. The molecule has 0 unspecified atom stereocenters. The highest BCUT2D eigenvalue weighted by Crippen LogP contribution is 2.09. The highest BCUT2D eigenvalue weighted by molar-refractivity contribution is 5.29. The first-order valence-electron chi connectivity index (χ1n) is 5.73. The van der Waals surface area contributed by atoms with Gasteiger partial charge in [0.1, 0.15) is 0 Å². The Morgan fingerprint density at radius 2 is 2.07 bits per heavy atom. The lowest BCUT2D eigenvalue weighted by atomic mass is 10.0. The van der Waals surface area contributed by atoms with E-state index in [0.29, 0.717) is 0 Å². The van der Waals surface area contributed by atoms with Crippen LogP contribution in [0.2, 0.25) is 0 Å². The summed E-state index contributed by atoms with van der Waals surface area (Å²) in [5.41, 5.74) is 4.16. The Kier molecular flexibility index (Phi) is 3.39. The molecule has 1 aromatic carbocycles. The molecule has 15 heavy (non-hydrogen) atoms. The minimum absolute atomic E-state index is 0.844. The second kappa shape index (κ2) is 4.77. The fourth-order valence-corrected chi connectivity index (χ4v) is 1.83. The van der Waals surface area contributed by atoms with E-state index >= 15 is 0 Å². The van der Waals surface area contributed by atoms with Crippen LogP contribution in [0.25, 0.3) is 0 Å². The topological polar surface area (TPSA) is 24.1 Å². The van der Waals surface area contributed by atoms with E-state index in [4.69, 9.17) is 0 Å². The third-order valence-corrected chi connectivity index (χ3v) is 3.20. The normalized spacial score (nSPS) is 16.4. The number of nitrogens with one attached hydrogen (secondary N) is 2. The van der Waals surface area contributed by atoms with Gasteiger partial charge in [-0.3, -0.25) is 0 Å². The maximum Gasteiger partial charge on any atom is 0.0205 e. The summed E-state index contributed by atoms with van der Waals surface area (Å²) in [7, 11) is 0. The summed E-state index contributed by atoms with van der Waals surface area (Å²) in [5, 5.41) is 6.80. The molecular weight excluding hydrogens is 184 g/mol. The van der Waals surface area contributed by atoms with Crippen LogP contribution in [-0.2, 0) is 6.54 Å². The van der Waals surface area contributed by atoms with E-state index in [1.807, 2.05) is 0 Å². The summed E-state index contributed by atoms with van der Waals surface area (Å²) in [6, 6.07) is 6.70. The van der Waals surface area contributed by atoms with Gasteiger partial charge in [0.25, 0.3) is 0 Å². The van der Waals surface area contributed by atoms with E-state index in [-0.39, 0.29) is 0 Å². The van der Waals surface area contributed by atoms with Gasteiger partial charge in [0, 0.05) is 26.2 Å². The van der Waals surface area contributed by atoms with Gasteiger partial charge >= 0.3 is 0 Å². The van der Waals surface area contributed by atoms with Gasteiger partial charge in [-0.05, 0) is 36.5 Å². The fraction of sp³-hybridized carbons (Fsp3) is 0.538. The highest BCUT2D eigenvalue weighted by atomic mass is 15.0. The van der Waals surface area contributed by atoms with Crippen molar-refractivity contribution < 1.29 is 0 Å². The molecule has 2 rings (SSSR count).